The second kappa shape index (κ2) is 5.01. The van der Waals surface area contributed by atoms with E-state index in [4.69, 9.17) is 21.4 Å². The molecule has 0 radical (unpaired) electrons. The van der Waals surface area contributed by atoms with Gasteiger partial charge in [0.25, 0.3) is 0 Å². The van der Waals surface area contributed by atoms with Gasteiger partial charge in [-0.3, -0.25) is 0 Å². The highest BCUT2D eigenvalue weighted by Gasteiger charge is 2.13. The molecule has 0 aliphatic carbocycles. The normalized spacial score (nSPS) is 10.3. The lowest BCUT2D eigenvalue weighted by Gasteiger charge is -2.07. The number of hydrogen-bond acceptors (Lipinski definition) is 5. The Labute approximate surface area is 107 Å². The summed E-state index contributed by atoms with van der Waals surface area (Å²) in [4.78, 5) is 12.3. The lowest BCUT2D eigenvalue weighted by molar-refractivity contribution is 0.0691. The molecular weight excluding hydrogens is 260 g/mol. The van der Waals surface area contributed by atoms with Gasteiger partial charge < -0.3 is 9.84 Å². The monoisotopic (exact) mass is 268 g/mol. The van der Waals surface area contributed by atoms with Crippen LogP contribution < -0.4 is 4.74 Å². The minimum absolute atomic E-state index is 0.00797. The van der Waals surface area contributed by atoms with Gasteiger partial charge in [0.2, 0.25) is 5.82 Å². The summed E-state index contributed by atoms with van der Waals surface area (Å²) in [5.41, 5.74) is -0.00797. The molecule has 0 saturated heterocycles. The largest absolute Gasteiger partial charge is 0.485 e. The molecule has 2 rings (SSSR count). The van der Waals surface area contributed by atoms with E-state index in [1.165, 1.54) is 16.9 Å². The fraction of sp³-hybridized carbons (Fsp3) is 0.200. The zero-order valence-electron chi connectivity index (χ0n) is 9.37. The van der Waals surface area contributed by atoms with Crippen LogP contribution >= 0.6 is 11.6 Å². The molecule has 0 saturated carbocycles. The maximum Gasteiger partial charge on any atom is 0.339 e. The first kappa shape index (κ1) is 12.3. The highest BCUT2D eigenvalue weighted by atomic mass is 35.5. The number of ether oxygens (including phenoxy) is 1. The van der Waals surface area contributed by atoms with E-state index in [-0.39, 0.29) is 17.9 Å². The first-order valence-electron chi connectivity index (χ1n) is 4.95. The van der Waals surface area contributed by atoms with Crippen molar-refractivity contribution in [3.63, 3.8) is 0 Å². The number of aromatic nitrogens is 4. The van der Waals surface area contributed by atoms with Gasteiger partial charge in [-0.2, -0.15) is 4.80 Å². The van der Waals surface area contributed by atoms with Crippen LogP contribution in [0.15, 0.2) is 18.2 Å². The van der Waals surface area contributed by atoms with Gasteiger partial charge in [0.1, 0.15) is 11.3 Å². The summed E-state index contributed by atoms with van der Waals surface area (Å²) in [6.45, 7) is 0.0375. The van der Waals surface area contributed by atoms with E-state index < -0.39 is 5.97 Å². The molecule has 1 aromatic carbocycles. The number of halogens is 1. The van der Waals surface area contributed by atoms with Crippen molar-refractivity contribution in [1.82, 2.24) is 20.2 Å². The molecule has 18 heavy (non-hydrogen) atoms. The number of hydrogen-bond donors (Lipinski definition) is 1. The van der Waals surface area contributed by atoms with Crippen LogP contribution in [0.3, 0.4) is 0 Å². The Balaban J connectivity index is 2.16. The lowest BCUT2D eigenvalue weighted by atomic mass is 10.2. The third-order valence-electron chi connectivity index (χ3n) is 2.08. The quantitative estimate of drug-likeness (QED) is 0.894. The Hall–Kier alpha value is -2.15. The summed E-state index contributed by atoms with van der Waals surface area (Å²) in [6, 6.07) is 4.36. The maximum absolute atomic E-state index is 11.0. The van der Waals surface area contributed by atoms with Gasteiger partial charge in [0.05, 0.1) is 7.05 Å². The van der Waals surface area contributed by atoms with E-state index in [1.807, 2.05) is 0 Å². The van der Waals surface area contributed by atoms with E-state index in [2.05, 4.69) is 15.4 Å². The van der Waals surface area contributed by atoms with Crippen molar-refractivity contribution in [3.05, 3.63) is 34.6 Å². The highest BCUT2D eigenvalue weighted by Crippen LogP contribution is 2.23. The molecule has 0 fully saturated rings. The molecule has 1 aromatic heterocycles. The number of tetrazole rings is 1. The topological polar surface area (TPSA) is 90.1 Å². The number of benzene rings is 1. The second-order valence-corrected chi connectivity index (χ2v) is 3.87. The van der Waals surface area contributed by atoms with Gasteiger partial charge in [0.15, 0.2) is 6.61 Å². The van der Waals surface area contributed by atoms with Gasteiger partial charge in [-0.25, -0.2) is 4.79 Å². The molecule has 7 nitrogen and oxygen atoms in total. The third kappa shape index (κ3) is 2.75. The molecule has 0 unspecified atom stereocenters. The molecule has 1 heterocycles. The SMILES string of the molecule is Cn1nnc(COc2ccc(Cl)cc2C(=O)O)n1. The van der Waals surface area contributed by atoms with Gasteiger partial charge in [0, 0.05) is 5.02 Å². The average molecular weight is 269 g/mol. The summed E-state index contributed by atoms with van der Waals surface area (Å²) in [5, 5.41) is 20.6. The number of carboxylic acid groups (broad SMARTS) is 1. The molecule has 94 valence electrons. The highest BCUT2D eigenvalue weighted by molar-refractivity contribution is 6.31. The summed E-state index contributed by atoms with van der Waals surface area (Å²) < 4.78 is 5.34. The van der Waals surface area contributed by atoms with Crippen molar-refractivity contribution in [2.45, 2.75) is 6.61 Å². The molecule has 8 heteroatoms. The van der Waals surface area contributed by atoms with Crippen LogP contribution in [-0.2, 0) is 13.7 Å². The minimum Gasteiger partial charge on any atom is -0.485 e. The summed E-state index contributed by atoms with van der Waals surface area (Å²) >= 11 is 5.72. The number of aryl methyl sites for hydroxylation is 1. The molecule has 0 spiro atoms. The Bertz CT molecular complexity index is 584. The Morgan fingerprint density at radius 3 is 2.94 bits per heavy atom. The molecule has 0 atom stereocenters. The van der Waals surface area contributed by atoms with Crippen LogP contribution in [0.5, 0.6) is 5.75 Å². The summed E-state index contributed by atoms with van der Waals surface area (Å²) in [7, 11) is 1.63. The van der Waals surface area contributed by atoms with Gasteiger partial charge in [-0.1, -0.05) is 11.6 Å². The predicted octanol–water partition coefficient (Wildman–Crippen LogP) is 1.14. The van der Waals surface area contributed by atoms with Crippen LogP contribution in [0.1, 0.15) is 16.2 Å². The molecule has 0 aliphatic heterocycles. The molecule has 1 N–H and O–H groups in total. The molecule has 0 aliphatic rings. The Kier molecular flexibility index (Phi) is 3.42. The molecule has 0 bridgehead atoms. The second-order valence-electron chi connectivity index (χ2n) is 3.43. The number of nitrogens with zero attached hydrogens (tertiary/aromatic N) is 4. The number of carbonyl (C=O) groups is 1. The molecule has 0 amide bonds. The van der Waals surface area contributed by atoms with Crippen molar-refractivity contribution in [3.8, 4) is 5.75 Å². The summed E-state index contributed by atoms with van der Waals surface area (Å²) in [6.07, 6.45) is 0. The summed E-state index contributed by atoms with van der Waals surface area (Å²) in [5.74, 6) is -0.539. The smallest absolute Gasteiger partial charge is 0.339 e. The fourth-order valence-corrected chi connectivity index (χ4v) is 1.49. The maximum atomic E-state index is 11.0. The number of aromatic carboxylic acids is 1. The zero-order chi connectivity index (χ0) is 13.1. The standard InChI is InChI=1S/C10H9ClN4O3/c1-15-13-9(12-14-15)5-18-8-3-2-6(11)4-7(8)10(16)17/h2-4H,5H2,1H3,(H,16,17). The van der Waals surface area contributed by atoms with Gasteiger partial charge >= 0.3 is 5.97 Å². The zero-order valence-corrected chi connectivity index (χ0v) is 10.1. The van der Waals surface area contributed by atoms with Crippen molar-refractivity contribution >= 4 is 17.6 Å². The molecular formula is C10H9ClN4O3. The third-order valence-corrected chi connectivity index (χ3v) is 2.31. The van der Waals surface area contributed by atoms with Crippen molar-refractivity contribution in [1.29, 1.82) is 0 Å². The fourth-order valence-electron chi connectivity index (χ4n) is 1.32. The van der Waals surface area contributed by atoms with Crippen molar-refractivity contribution in [2.24, 2.45) is 7.05 Å². The minimum atomic E-state index is -1.11. The Morgan fingerprint density at radius 1 is 1.56 bits per heavy atom. The van der Waals surface area contributed by atoms with E-state index in [0.29, 0.717) is 10.8 Å². The van der Waals surface area contributed by atoms with Crippen LogP contribution in [0, 0.1) is 0 Å². The van der Waals surface area contributed by atoms with E-state index >= 15 is 0 Å². The van der Waals surface area contributed by atoms with E-state index in [9.17, 15) is 4.79 Å². The number of carboxylic acids is 1. The average Bonchev–Trinajstić information content (AvgIpc) is 2.73. The van der Waals surface area contributed by atoms with Gasteiger partial charge in [-0.05, 0) is 23.4 Å². The van der Waals surface area contributed by atoms with Crippen LogP contribution in [-0.4, -0.2) is 31.3 Å². The number of rotatable bonds is 4. The van der Waals surface area contributed by atoms with Crippen molar-refractivity contribution < 1.29 is 14.6 Å². The first-order chi connectivity index (χ1) is 8.56. The van der Waals surface area contributed by atoms with Gasteiger partial charge in [-0.15, -0.1) is 10.2 Å². The first-order valence-corrected chi connectivity index (χ1v) is 5.32. The molecule has 2 aromatic rings. The van der Waals surface area contributed by atoms with Crippen LogP contribution in [0.2, 0.25) is 5.02 Å². The predicted molar refractivity (Wildman–Crippen MR) is 61.5 cm³/mol. The lowest BCUT2D eigenvalue weighted by Crippen LogP contribution is -2.04. The van der Waals surface area contributed by atoms with E-state index in [1.54, 1.807) is 13.1 Å². The Morgan fingerprint density at radius 2 is 2.33 bits per heavy atom. The van der Waals surface area contributed by atoms with Crippen molar-refractivity contribution in [2.75, 3.05) is 0 Å². The van der Waals surface area contributed by atoms with Crippen LogP contribution in [0.25, 0.3) is 0 Å². The van der Waals surface area contributed by atoms with Crippen LogP contribution in [0.4, 0.5) is 0 Å². The van der Waals surface area contributed by atoms with E-state index in [0.717, 1.165) is 0 Å².